The second kappa shape index (κ2) is 5.32. The van der Waals surface area contributed by atoms with Crippen molar-refractivity contribution in [3.63, 3.8) is 0 Å². The van der Waals surface area contributed by atoms with Gasteiger partial charge in [0.1, 0.15) is 4.88 Å². The summed E-state index contributed by atoms with van der Waals surface area (Å²) in [6.45, 7) is 5.17. The van der Waals surface area contributed by atoms with E-state index in [4.69, 9.17) is 0 Å². The van der Waals surface area contributed by atoms with E-state index >= 15 is 0 Å². The largest absolute Gasteiger partial charge is 0.321 e. The van der Waals surface area contributed by atoms with Gasteiger partial charge in [0.15, 0.2) is 5.78 Å². The molecule has 0 aliphatic rings. The van der Waals surface area contributed by atoms with E-state index in [0.717, 1.165) is 10.7 Å². The number of Topliss-reactive ketones (excluding diaryl/α,β-unsaturated/α-hetero) is 1. The first kappa shape index (κ1) is 13.4. The molecule has 0 bridgehead atoms. The lowest BCUT2D eigenvalue weighted by Crippen LogP contribution is -2.11. The summed E-state index contributed by atoms with van der Waals surface area (Å²) in [6.07, 6.45) is 0. The maximum Gasteiger partial charge on any atom is 0.267 e. The topological polar surface area (TPSA) is 59.1 Å². The molecule has 5 heteroatoms. The van der Waals surface area contributed by atoms with Crippen LogP contribution in [-0.4, -0.2) is 16.7 Å². The molecule has 0 saturated heterocycles. The molecule has 1 aromatic carbocycles. The predicted molar refractivity (Wildman–Crippen MR) is 76.0 cm³/mol. The molecule has 1 heterocycles. The van der Waals surface area contributed by atoms with Crippen LogP contribution in [0.25, 0.3) is 0 Å². The standard InChI is InChI=1S/C14H14N2O2S/c1-8-13(19-10(3)15-8)14(18)16-12-6-4-5-11(7-12)9(2)17/h4-7H,1-3H3,(H,16,18). The number of hydrogen-bond acceptors (Lipinski definition) is 4. The number of carbonyl (C=O) groups excluding carboxylic acids is 2. The molecule has 0 unspecified atom stereocenters. The molecule has 0 spiro atoms. The van der Waals surface area contributed by atoms with Gasteiger partial charge in [0.25, 0.3) is 5.91 Å². The molecule has 1 amide bonds. The lowest BCUT2D eigenvalue weighted by atomic mass is 10.1. The zero-order valence-corrected chi connectivity index (χ0v) is 11.8. The molecule has 2 aromatic rings. The summed E-state index contributed by atoms with van der Waals surface area (Å²) in [5.74, 6) is -0.218. The fraction of sp³-hybridized carbons (Fsp3) is 0.214. The number of aryl methyl sites for hydroxylation is 2. The van der Waals surface area contributed by atoms with Gasteiger partial charge in [-0.25, -0.2) is 4.98 Å². The summed E-state index contributed by atoms with van der Waals surface area (Å²) in [6, 6.07) is 6.90. The number of amides is 1. The maximum absolute atomic E-state index is 12.1. The van der Waals surface area contributed by atoms with Crippen LogP contribution in [0.2, 0.25) is 0 Å². The van der Waals surface area contributed by atoms with E-state index in [1.165, 1.54) is 18.3 Å². The van der Waals surface area contributed by atoms with Crippen LogP contribution in [0.1, 0.15) is 37.7 Å². The average molecular weight is 274 g/mol. The number of carbonyl (C=O) groups is 2. The van der Waals surface area contributed by atoms with Crippen molar-refractivity contribution in [2.75, 3.05) is 5.32 Å². The second-order valence-corrected chi connectivity index (χ2v) is 5.44. The Balaban J connectivity index is 2.21. The fourth-order valence-electron chi connectivity index (χ4n) is 1.75. The lowest BCUT2D eigenvalue weighted by molar-refractivity contribution is 0.101. The van der Waals surface area contributed by atoms with Crippen molar-refractivity contribution >= 4 is 28.7 Å². The number of nitrogens with one attached hydrogen (secondary N) is 1. The van der Waals surface area contributed by atoms with E-state index in [9.17, 15) is 9.59 Å². The molecule has 0 fully saturated rings. The summed E-state index contributed by atoms with van der Waals surface area (Å²) in [7, 11) is 0. The third kappa shape index (κ3) is 3.06. The van der Waals surface area contributed by atoms with Gasteiger partial charge in [-0.2, -0.15) is 0 Å². The van der Waals surface area contributed by atoms with Gasteiger partial charge in [-0.3, -0.25) is 9.59 Å². The quantitative estimate of drug-likeness (QED) is 0.874. The van der Waals surface area contributed by atoms with Gasteiger partial charge >= 0.3 is 0 Å². The molecule has 2 rings (SSSR count). The minimum absolute atomic E-state index is 0.0269. The van der Waals surface area contributed by atoms with Crippen molar-refractivity contribution in [1.82, 2.24) is 4.98 Å². The second-order valence-electron chi connectivity index (χ2n) is 4.24. The number of nitrogens with zero attached hydrogens (tertiary/aromatic N) is 1. The number of thiazole rings is 1. The fourth-order valence-corrected chi connectivity index (χ4v) is 2.56. The van der Waals surface area contributed by atoms with Gasteiger partial charge < -0.3 is 5.32 Å². The molecular weight excluding hydrogens is 260 g/mol. The van der Waals surface area contributed by atoms with Crippen molar-refractivity contribution in [3.8, 4) is 0 Å². The monoisotopic (exact) mass is 274 g/mol. The SMILES string of the molecule is CC(=O)c1cccc(NC(=O)c2sc(C)nc2C)c1. The van der Waals surface area contributed by atoms with Crippen molar-refractivity contribution < 1.29 is 9.59 Å². The molecule has 0 aliphatic carbocycles. The minimum atomic E-state index is -0.191. The van der Waals surface area contributed by atoms with Crippen LogP contribution in [0.15, 0.2) is 24.3 Å². The Hall–Kier alpha value is -2.01. The predicted octanol–water partition coefficient (Wildman–Crippen LogP) is 3.21. The van der Waals surface area contributed by atoms with Crippen LogP contribution in [-0.2, 0) is 0 Å². The van der Waals surface area contributed by atoms with E-state index in [2.05, 4.69) is 10.3 Å². The van der Waals surface area contributed by atoms with Gasteiger partial charge in [0.2, 0.25) is 0 Å². The van der Waals surface area contributed by atoms with Gasteiger partial charge in [-0.1, -0.05) is 12.1 Å². The first-order valence-corrected chi connectivity index (χ1v) is 6.65. The lowest BCUT2D eigenvalue weighted by Gasteiger charge is -2.05. The maximum atomic E-state index is 12.1. The highest BCUT2D eigenvalue weighted by Crippen LogP contribution is 2.19. The molecule has 1 N–H and O–H groups in total. The molecule has 98 valence electrons. The molecular formula is C14H14N2O2S. The Morgan fingerprint density at radius 2 is 2.00 bits per heavy atom. The Morgan fingerprint density at radius 1 is 1.26 bits per heavy atom. The van der Waals surface area contributed by atoms with E-state index in [0.29, 0.717) is 16.1 Å². The minimum Gasteiger partial charge on any atom is -0.321 e. The molecule has 0 saturated carbocycles. The van der Waals surface area contributed by atoms with E-state index in [1.807, 2.05) is 13.8 Å². The van der Waals surface area contributed by atoms with E-state index in [-0.39, 0.29) is 11.7 Å². The number of aromatic nitrogens is 1. The smallest absolute Gasteiger partial charge is 0.267 e. The third-order valence-electron chi connectivity index (χ3n) is 2.64. The van der Waals surface area contributed by atoms with Gasteiger partial charge in [0, 0.05) is 11.3 Å². The Morgan fingerprint density at radius 3 is 2.58 bits per heavy atom. The van der Waals surface area contributed by atoms with Crippen LogP contribution >= 0.6 is 11.3 Å². The summed E-state index contributed by atoms with van der Waals surface area (Å²) in [4.78, 5) is 28.2. The van der Waals surface area contributed by atoms with Crippen LogP contribution in [0.4, 0.5) is 5.69 Å². The van der Waals surface area contributed by atoms with Crippen molar-refractivity contribution in [1.29, 1.82) is 0 Å². The number of ketones is 1. The summed E-state index contributed by atoms with van der Waals surface area (Å²) in [5, 5.41) is 3.65. The van der Waals surface area contributed by atoms with E-state index < -0.39 is 0 Å². The van der Waals surface area contributed by atoms with Crippen LogP contribution in [0.5, 0.6) is 0 Å². The van der Waals surface area contributed by atoms with Gasteiger partial charge in [-0.15, -0.1) is 11.3 Å². The molecule has 1 aromatic heterocycles. The Bertz CT molecular complexity index is 647. The van der Waals surface area contributed by atoms with Crippen molar-refractivity contribution in [3.05, 3.63) is 45.4 Å². The molecule has 0 atom stereocenters. The number of rotatable bonds is 3. The molecule has 19 heavy (non-hydrogen) atoms. The summed E-state index contributed by atoms with van der Waals surface area (Å²) < 4.78 is 0. The molecule has 4 nitrogen and oxygen atoms in total. The first-order chi connectivity index (χ1) is 8.97. The highest BCUT2D eigenvalue weighted by Gasteiger charge is 2.14. The van der Waals surface area contributed by atoms with E-state index in [1.54, 1.807) is 24.3 Å². The van der Waals surface area contributed by atoms with Crippen LogP contribution in [0, 0.1) is 13.8 Å². The molecule has 0 aliphatic heterocycles. The summed E-state index contributed by atoms with van der Waals surface area (Å²) in [5.41, 5.74) is 1.92. The highest BCUT2D eigenvalue weighted by molar-refractivity contribution is 7.13. The Kier molecular flexibility index (Phi) is 3.76. The number of benzene rings is 1. The van der Waals surface area contributed by atoms with Gasteiger partial charge in [-0.05, 0) is 32.9 Å². The van der Waals surface area contributed by atoms with Crippen LogP contribution in [0.3, 0.4) is 0 Å². The van der Waals surface area contributed by atoms with Crippen LogP contribution < -0.4 is 5.32 Å². The normalized spacial score (nSPS) is 10.3. The van der Waals surface area contributed by atoms with Gasteiger partial charge in [0.05, 0.1) is 10.7 Å². The van der Waals surface area contributed by atoms with Crippen molar-refractivity contribution in [2.24, 2.45) is 0 Å². The number of anilines is 1. The zero-order chi connectivity index (χ0) is 14.0. The Labute approximate surface area is 115 Å². The van der Waals surface area contributed by atoms with Crippen molar-refractivity contribution in [2.45, 2.75) is 20.8 Å². The summed E-state index contributed by atoms with van der Waals surface area (Å²) >= 11 is 1.36. The zero-order valence-electron chi connectivity index (χ0n) is 11.0. The number of hydrogen-bond donors (Lipinski definition) is 1. The average Bonchev–Trinajstić information content (AvgIpc) is 2.69. The third-order valence-corrected chi connectivity index (χ3v) is 3.71. The first-order valence-electron chi connectivity index (χ1n) is 5.84. The molecule has 0 radical (unpaired) electrons. The highest BCUT2D eigenvalue weighted by atomic mass is 32.1.